The summed E-state index contributed by atoms with van der Waals surface area (Å²) >= 11 is 7.56. The normalized spacial score (nSPS) is 21.3. The van der Waals surface area contributed by atoms with E-state index in [1.54, 1.807) is 18.4 Å². The van der Waals surface area contributed by atoms with Gasteiger partial charge >= 0.3 is 0 Å². The van der Waals surface area contributed by atoms with E-state index in [4.69, 9.17) is 21.1 Å². The Kier molecular flexibility index (Phi) is 7.52. The summed E-state index contributed by atoms with van der Waals surface area (Å²) in [5, 5.41) is 6.52. The molecule has 0 N–H and O–H groups in total. The second-order valence-electron chi connectivity index (χ2n) is 6.95. The van der Waals surface area contributed by atoms with E-state index in [1.165, 1.54) is 11.1 Å². The molecule has 1 fully saturated rings. The zero-order valence-electron chi connectivity index (χ0n) is 15.6. The van der Waals surface area contributed by atoms with Crippen LogP contribution < -0.4 is 0 Å². The van der Waals surface area contributed by atoms with Gasteiger partial charge in [0.2, 0.25) is 0 Å². The van der Waals surface area contributed by atoms with Crippen molar-refractivity contribution in [2.45, 2.75) is 51.4 Å². The van der Waals surface area contributed by atoms with Gasteiger partial charge in [-0.15, -0.1) is 11.3 Å². The van der Waals surface area contributed by atoms with Crippen molar-refractivity contribution in [3.8, 4) is 0 Å². The molecule has 2 aromatic heterocycles. The van der Waals surface area contributed by atoms with Gasteiger partial charge in [0.25, 0.3) is 0 Å². The molecule has 7 heteroatoms. The molecule has 0 amide bonds. The van der Waals surface area contributed by atoms with Gasteiger partial charge in [0.05, 0.1) is 36.4 Å². The van der Waals surface area contributed by atoms with Crippen LogP contribution >= 0.6 is 22.9 Å². The molecular formula is C19H28ClN3O2S. The zero-order chi connectivity index (χ0) is 18.4. The van der Waals surface area contributed by atoms with E-state index >= 15 is 0 Å². The summed E-state index contributed by atoms with van der Waals surface area (Å²) in [6.07, 6.45) is 7.57. The summed E-state index contributed by atoms with van der Waals surface area (Å²) in [5.74, 6) is 0. The van der Waals surface area contributed by atoms with Crippen LogP contribution in [0.25, 0.3) is 0 Å². The number of methoxy groups -OCH3 is 1. The topological polar surface area (TPSA) is 39.5 Å². The SMILES string of the molecule is COCCn1cc(CN2CCC(OCCc3csc(Cl)c3)C[C@@H]2C)cn1. The molecule has 0 bridgehead atoms. The van der Waals surface area contributed by atoms with Crippen LogP contribution in [0.1, 0.15) is 30.9 Å². The first-order chi connectivity index (χ1) is 12.6. The maximum atomic E-state index is 6.12. The van der Waals surface area contributed by atoms with Crippen molar-refractivity contribution in [1.82, 2.24) is 14.7 Å². The molecule has 0 aromatic carbocycles. The van der Waals surface area contributed by atoms with Crippen LogP contribution in [0, 0.1) is 0 Å². The molecule has 144 valence electrons. The first kappa shape index (κ1) is 19.8. The van der Waals surface area contributed by atoms with Gasteiger partial charge in [0.15, 0.2) is 0 Å². The number of piperidine rings is 1. The summed E-state index contributed by atoms with van der Waals surface area (Å²) in [5.41, 5.74) is 2.54. The predicted molar refractivity (Wildman–Crippen MR) is 106 cm³/mol. The third kappa shape index (κ3) is 5.79. The average Bonchev–Trinajstić information content (AvgIpc) is 3.24. The van der Waals surface area contributed by atoms with Crippen LogP contribution in [0.5, 0.6) is 0 Å². The summed E-state index contributed by atoms with van der Waals surface area (Å²) in [6.45, 7) is 6.59. The molecule has 3 heterocycles. The molecule has 2 aromatic rings. The number of nitrogens with zero attached hydrogens (tertiary/aromatic N) is 3. The maximum Gasteiger partial charge on any atom is 0.0931 e. The van der Waals surface area contributed by atoms with Crippen LogP contribution in [0.15, 0.2) is 23.8 Å². The van der Waals surface area contributed by atoms with Gasteiger partial charge in [-0.25, -0.2) is 0 Å². The lowest BCUT2D eigenvalue weighted by atomic mass is 10.00. The Hall–Kier alpha value is -0.920. The molecule has 1 unspecified atom stereocenters. The number of rotatable bonds is 9. The van der Waals surface area contributed by atoms with Gasteiger partial charge in [0, 0.05) is 38.0 Å². The van der Waals surface area contributed by atoms with Gasteiger partial charge in [-0.1, -0.05) is 11.6 Å². The molecule has 0 radical (unpaired) electrons. The van der Waals surface area contributed by atoms with E-state index in [0.717, 1.165) is 49.8 Å². The van der Waals surface area contributed by atoms with Crippen molar-refractivity contribution in [2.75, 3.05) is 26.9 Å². The fourth-order valence-corrected chi connectivity index (χ4v) is 4.36. The molecule has 26 heavy (non-hydrogen) atoms. The Morgan fingerprint density at radius 3 is 2.96 bits per heavy atom. The fourth-order valence-electron chi connectivity index (χ4n) is 3.41. The second-order valence-corrected chi connectivity index (χ2v) is 8.49. The second kappa shape index (κ2) is 9.85. The summed E-state index contributed by atoms with van der Waals surface area (Å²) in [7, 11) is 1.72. The fraction of sp³-hybridized carbons (Fsp3) is 0.632. The van der Waals surface area contributed by atoms with Gasteiger partial charge in [-0.3, -0.25) is 9.58 Å². The minimum Gasteiger partial charge on any atom is -0.383 e. The first-order valence-electron chi connectivity index (χ1n) is 9.23. The molecular weight excluding hydrogens is 370 g/mol. The minimum atomic E-state index is 0.361. The van der Waals surface area contributed by atoms with Gasteiger partial charge in [0.1, 0.15) is 0 Å². The van der Waals surface area contributed by atoms with E-state index in [0.29, 0.717) is 18.8 Å². The summed E-state index contributed by atoms with van der Waals surface area (Å²) in [4.78, 5) is 2.52. The number of hydrogen-bond donors (Lipinski definition) is 0. The third-order valence-corrected chi connectivity index (χ3v) is 6.07. The van der Waals surface area contributed by atoms with Gasteiger partial charge < -0.3 is 9.47 Å². The van der Waals surface area contributed by atoms with Crippen LogP contribution in [0.2, 0.25) is 4.34 Å². The molecule has 2 atom stereocenters. The number of hydrogen-bond acceptors (Lipinski definition) is 5. The molecule has 0 saturated carbocycles. The predicted octanol–water partition coefficient (Wildman–Crippen LogP) is 3.86. The number of thiophene rings is 1. The third-order valence-electron chi connectivity index (χ3n) is 4.93. The quantitative estimate of drug-likeness (QED) is 0.644. The smallest absolute Gasteiger partial charge is 0.0931 e. The molecule has 1 aliphatic heterocycles. The van der Waals surface area contributed by atoms with E-state index in [1.807, 2.05) is 16.9 Å². The zero-order valence-corrected chi connectivity index (χ0v) is 17.1. The molecule has 5 nitrogen and oxygen atoms in total. The van der Waals surface area contributed by atoms with Crippen molar-refractivity contribution in [3.63, 3.8) is 0 Å². The van der Waals surface area contributed by atoms with Crippen LogP contribution in [-0.2, 0) is 29.0 Å². The van der Waals surface area contributed by atoms with Crippen molar-refractivity contribution in [2.24, 2.45) is 0 Å². The number of ether oxygens (including phenoxy) is 2. The lowest BCUT2D eigenvalue weighted by Crippen LogP contribution is -2.43. The molecule has 0 aliphatic carbocycles. The molecule has 0 spiro atoms. The summed E-state index contributed by atoms with van der Waals surface area (Å²) in [6, 6.07) is 2.56. The van der Waals surface area contributed by atoms with Crippen molar-refractivity contribution in [3.05, 3.63) is 39.3 Å². The Morgan fingerprint density at radius 1 is 1.35 bits per heavy atom. The highest BCUT2D eigenvalue weighted by Gasteiger charge is 2.26. The Balaban J connectivity index is 1.39. The average molecular weight is 398 g/mol. The van der Waals surface area contributed by atoms with Gasteiger partial charge in [-0.2, -0.15) is 5.10 Å². The first-order valence-corrected chi connectivity index (χ1v) is 10.5. The van der Waals surface area contributed by atoms with E-state index in [9.17, 15) is 0 Å². The maximum absolute atomic E-state index is 6.12. The Bertz CT molecular complexity index is 675. The Morgan fingerprint density at radius 2 is 2.23 bits per heavy atom. The molecule has 3 rings (SSSR count). The summed E-state index contributed by atoms with van der Waals surface area (Å²) < 4.78 is 14.0. The standard InChI is InChI=1S/C19H28ClN3O2S/c1-15-9-18(25-7-4-16-10-19(20)26-14-16)3-5-22(15)12-17-11-21-23(13-17)6-8-24-2/h10-11,13-15,18H,3-9,12H2,1-2H3/t15-,18?/m0/s1. The Labute approximate surface area is 164 Å². The van der Waals surface area contributed by atoms with Crippen molar-refractivity contribution >= 4 is 22.9 Å². The highest BCUT2D eigenvalue weighted by atomic mass is 35.5. The van der Waals surface area contributed by atoms with Gasteiger partial charge in [-0.05, 0) is 43.2 Å². The molecule has 1 saturated heterocycles. The van der Waals surface area contributed by atoms with E-state index < -0.39 is 0 Å². The van der Waals surface area contributed by atoms with Crippen LogP contribution in [-0.4, -0.2) is 53.7 Å². The number of likely N-dealkylation sites (tertiary alicyclic amines) is 1. The van der Waals surface area contributed by atoms with E-state index in [2.05, 4.69) is 28.5 Å². The van der Waals surface area contributed by atoms with Crippen LogP contribution in [0.4, 0.5) is 0 Å². The molecule has 1 aliphatic rings. The van der Waals surface area contributed by atoms with Crippen LogP contribution in [0.3, 0.4) is 0 Å². The minimum absolute atomic E-state index is 0.361. The number of halogens is 1. The van der Waals surface area contributed by atoms with Crippen molar-refractivity contribution in [1.29, 1.82) is 0 Å². The monoisotopic (exact) mass is 397 g/mol. The highest BCUT2D eigenvalue weighted by Crippen LogP contribution is 2.23. The largest absolute Gasteiger partial charge is 0.383 e. The van der Waals surface area contributed by atoms with E-state index in [-0.39, 0.29) is 0 Å². The lowest BCUT2D eigenvalue weighted by Gasteiger charge is -2.37. The lowest BCUT2D eigenvalue weighted by molar-refractivity contribution is -0.0127. The highest BCUT2D eigenvalue weighted by molar-refractivity contribution is 7.14. The van der Waals surface area contributed by atoms with Crippen molar-refractivity contribution < 1.29 is 9.47 Å². The number of aromatic nitrogens is 2.